The molecule has 2 N–H and O–H groups in total. The molecule has 1 atom stereocenters. The molecule has 0 saturated carbocycles. The van der Waals surface area contributed by atoms with Crippen LogP contribution in [-0.4, -0.2) is 65.0 Å². The van der Waals surface area contributed by atoms with E-state index in [2.05, 4.69) is 42.4 Å². The maximum absolute atomic E-state index is 12.7. The van der Waals surface area contributed by atoms with E-state index in [-0.39, 0.29) is 23.6 Å². The third-order valence-electron chi connectivity index (χ3n) is 5.83. The predicted octanol–water partition coefficient (Wildman–Crippen LogP) is 2.73. The fourth-order valence-corrected chi connectivity index (χ4v) is 4.00. The quantitative estimate of drug-likeness (QED) is 0.415. The van der Waals surface area contributed by atoms with Gasteiger partial charge in [-0.15, -0.1) is 5.10 Å². The van der Waals surface area contributed by atoms with Gasteiger partial charge in [-0.25, -0.2) is 14.6 Å². The smallest absolute Gasteiger partial charge is 0.275 e. The number of carbonyl (C=O) groups is 2. The summed E-state index contributed by atoms with van der Waals surface area (Å²) in [7, 11) is 0. The fraction of sp³-hybridized carbons (Fsp3) is 0.208. The zero-order chi connectivity index (χ0) is 24.2. The highest BCUT2D eigenvalue weighted by Gasteiger charge is 2.24. The van der Waals surface area contributed by atoms with Crippen LogP contribution in [0.5, 0.6) is 0 Å². The van der Waals surface area contributed by atoms with Crippen LogP contribution in [0.4, 0.5) is 5.82 Å². The summed E-state index contributed by atoms with van der Waals surface area (Å²) in [6.45, 7) is 4.87. The van der Waals surface area contributed by atoms with Crippen LogP contribution in [0.3, 0.4) is 0 Å². The van der Waals surface area contributed by atoms with Crippen molar-refractivity contribution in [2.24, 2.45) is 0 Å². The molecule has 5 rings (SSSR count). The molecule has 0 aromatic carbocycles. The number of hydrogen-bond acceptors (Lipinski definition) is 7. The molecule has 0 spiro atoms. The lowest BCUT2D eigenvalue weighted by atomic mass is 10.1. The average Bonchev–Trinajstić information content (AvgIpc) is 3.62. The number of amides is 2. The normalized spacial score (nSPS) is 15.5. The van der Waals surface area contributed by atoms with Crippen molar-refractivity contribution >= 4 is 17.6 Å². The van der Waals surface area contributed by atoms with Gasteiger partial charge < -0.3 is 10.2 Å². The highest BCUT2D eigenvalue weighted by molar-refractivity contribution is 6.02. The number of pyridine rings is 2. The van der Waals surface area contributed by atoms with Gasteiger partial charge in [0.25, 0.3) is 5.91 Å². The van der Waals surface area contributed by atoms with Gasteiger partial charge in [0.2, 0.25) is 5.91 Å². The van der Waals surface area contributed by atoms with E-state index in [4.69, 9.17) is 0 Å². The van der Waals surface area contributed by atoms with Gasteiger partial charge in [-0.1, -0.05) is 17.9 Å². The van der Waals surface area contributed by atoms with Crippen molar-refractivity contribution in [1.82, 2.24) is 40.1 Å². The zero-order valence-corrected chi connectivity index (χ0v) is 18.8. The lowest BCUT2D eigenvalue weighted by Gasteiger charge is -2.31. The molecular formula is C24H23N9O2. The molecule has 5 heterocycles. The van der Waals surface area contributed by atoms with Crippen molar-refractivity contribution in [1.29, 1.82) is 0 Å². The Balaban J connectivity index is 1.25. The molecule has 11 heteroatoms. The number of hydrogen-bond donors (Lipinski definition) is 2. The van der Waals surface area contributed by atoms with Crippen LogP contribution in [0.15, 0.2) is 67.6 Å². The molecule has 35 heavy (non-hydrogen) atoms. The van der Waals surface area contributed by atoms with Crippen LogP contribution in [0.25, 0.3) is 22.6 Å². The van der Waals surface area contributed by atoms with Crippen LogP contribution in [0, 0.1) is 0 Å². The van der Waals surface area contributed by atoms with Gasteiger partial charge in [0.05, 0.1) is 23.6 Å². The number of H-pyrrole nitrogens is 1. The monoisotopic (exact) mass is 469 g/mol. The number of aromatic amines is 1. The van der Waals surface area contributed by atoms with E-state index in [9.17, 15) is 9.59 Å². The number of likely N-dealkylation sites (tertiary alicyclic amines) is 1. The van der Waals surface area contributed by atoms with Gasteiger partial charge >= 0.3 is 0 Å². The highest BCUT2D eigenvalue weighted by atomic mass is 16.2. The van der Waals surface area contributed by atoms with Crippen LogP contribution >= 0.6 is 0 Å². The Morgan fingerprint density at radius 3 is 2.86 bits per heavy atom. The second-order valence-corrected chi connectivity index (χ2v) is 8.13. The standard InChI is InChI=1S/C24H23N9O2/c1-2-23(34)32-12-4-5-17(14-32)33-15-21(30-31-33)16-8-9-22(25-13-16)28-24(35)20-7-3-6-18(27-20)19-10-11-26-29-19/h2-3,6-11,13,15,17H,1,4-5,12,14H2,(H,26,29)(H,25,28,35)/t17-/m1/s1. The Bertz CT molecular complexity index is 1350. The van der Waals surface area contributed by atoms with Gasteiger partial charge in [0.1, 0.15) is 17.2 Å². The van der Waals surface area contributed by atoms with Crippen molar-refractivity contribution in [2.45, 2.75) is 18.9 Å². The summed E-state index contributed by atoms with van der Waals surface area (Å²) < 4.78 is 1.80. The number of aromatic nitrogens is 7. The Hall–Kier alpha value is -4.67. The average molecular weight is 470 g/mol. The first-order valence-electron chi connectivity index (χ1n) is 11.2. The summed E-state index contributed by atoms with van der Waals surface area (Å²) in [6.07, 6.45) is 8.27. The predicted molar refractivity (Wildman–Crippen MR) is 128 cm³/mol. The molecule has 1 saturated heterocycles. The molecule has 1 aliphatic rings. The molecule has 0 aliphatic carbocycles. The van der Waals surface area contributed by atoms with E-state index in [0.717, 1.165) is 30.6 Å². The Morgan fingerprint density at radius 1 is 1.17 bits per heavy atom. The summed E-state index contributed by atoms with van der Waals surface area (Å²) in [5.74, 6) is -0.0423. The fourth-order valence-electron chi connectivity index (χ4n) is 4.00. The van der Waals surface area contributed by atoms with E-state index in [1.165, 1.54) is 6.08 Å². The summed E-state index contributed by atoms with van der Waals surface area (Å²) in [6, 6.07) is 10.6. The van der Waals surface area contributed by atoms with Gasteiger partial charge in [-0.05, 0) is 49.2 Å². The van der Waals surface area contributed by atoms with Crippen LogP contribution in [0.1, 0.15) is 29.4 Å². The number of carbonyl (C=O) groups excluding carboxylic acids is 2. The third kappa shape index (κ3) is 4.83. The molecular weight excluding hydrogens is 446 g/mol. The van der Waals surface area contributed by atoms with Crippen LogP contribution < -0.4 is 5.32 Å². The van der Waals surface area contributed by atoms with Crippen molar-refractivity contribution in [3.63, 3.8) is 0 Å². The number of piperidine rings is 1. The summed E-state index contributed by atoms with van der Waals surface area (Å²) in [4.78, 5) is 35.1. The number of anilines is 1. The number of nitrogens with zero attached hydrogens (tertiary/aromatic N) is 7. The summed E-state index contributed by atoms with van der Waals surface area (Å²) in [5, 5.41) is 18.0. The lowest BCUT2D eigenvalue weighted by molar-refractivity contribution is -0.127. The van der Waals surface area contributed by atoms with Gasteiger partial charge in [0, 0.05) is 31.0 Å². The van der Waals surface area contributed by atoms with Gasteiger partial charge in [0.15, 0.2) is 0 Å². The van der Waals surface area contributed by atoms with E-state index in [0.29, 0.717) is 23.8 Å². The van der Waals surface area contributed by atoms with Crippen LogP contribution in [-0.2, 0) is 4.79 Å². The molecule has 176 valence electrons. The Kier molecular flexibility index (Phi) is 6.12. The zero-order valence-electron chi connectivity index (χ0n) is 18.8. The first-order valence-corrected chi connectivity index (χ1v) is 11.2. The molecule has 0 unspecified atom stereocenters. The summed E-state index contributed by atoms with van der Waals surface area (Å²) >= 11 is 0. The molecule has 1 fully saturated rings. The molecule has 1 aliphatic heterocycles. The third-order valence-corrected chi connectivity index (χ3v) is 5.83. The molecule has 0 bridgehead atoms. The van der Waals surface area contributed by atoms with Crippen molar-refractivity contribution in [2.75, 3.05) is 18.4 Å². The minimum absolute atomic E-state index is 0.0606. The Morgan fingerprint density at radius 2 is 2.09 bits per heavy atom. The second kappa shape index (κ2) is 9.67. The van der Waals surface area contributed by atoms with E-state index >= 15 is 0 Å². The maximum atomic E-state index is 12.7. The molecule has 11 nitrogen and oxygen atoms in total. The van der Waals surface area contributed by atoms with Crippen LogP contribution in [0.2, 0.25) is 0 Å². The van der Waals surface area contributed by atoms with Crippen molar-refractivity contribution < 1.29 is 9.59 Å². The minimum atomic E-state index is -0.367. The van der Waals surface area contributed by atoms with E-state index in [1.807, 2.05) is 12.3 Å². The molecule has 4 aromatic rings. The topological polar surface area (TPSA) is 135 Å². The van der Waals surface area contributed by atoms with E-state index < -0.39 is 0 Å². The Labute approximate surface area is 200 Å². The number of nitrogens with one attached hydrogen (secondary N) is 2. The SMILES string of the molecule is C=CC(=O)N1CCC[C@@H](n2cc(-c3ccc(NC(=O)c4cccc(-c5ccn[nH]5)n4)nc3)nn2)C1. The van der Waals surface area contributed by atoms with Crippen molar-refractivity contribution in [3.05, 3.63) is 73.3 Å². The molecule has 2 amide bonds. The minimum Gasteiger partial charge on any atom is -0.337 e. The maximum Gasteiger partial charge on any atom is 0.275 e. The van der Waals surface area contributed by atoms with Crippen molar-refractivity contribution in [3.8, 4) is 22.6 Å². The largest absolute Gasteiger partial charge is 0.337 e. The summed E-state index contributed by atoms with van der Waals surface area (Å²) in [5.41, 5.74) is 3.04. The highest BCUT2D eigenvalue weighted by Crippen LogP contribution is 2.24. The first kappa shape index (κ1) is 22.1. The lowest BCUT2D eigenvalue weighted by Crippen LogP contribution is -2.40. The van der Waals surface area contributed by atoms with Gasteiger partial charge in [-0.3, -0.25) is 14.7 Å². The first-order chi connectivity index (χ1) is 17.1. The molecule has 4 aromatic heterocycles. The van der Waals surface area contributed by atoms with Gasteiger partial charge in [-0.2, -0.15) is 5.10 Å². The van der Waals surface area contributed by atoms with E-state index in [1.54, 1.807) is 52.3 Å². The molecule has 0 radical (unpaired) electrons. The number of rotatable bonds is 6. The second-order valence-electron chi connectivity index (χ2n) is 8.13.